The summed E-state index contributed by atoms with van der Waals surface area (Å²) in [7, 11) is 1.52. The number of ether oxygens (including phenoxy) is 1. The Morgan fingerprint density at radius 1 is 1.10 bits per heavy atom. The number of hydrogen-bond acceptors (Lipinski definition) is 3. The fourth-order valence-corrected chi connectivity index (χ4v) is 4.03. The summed E-state index contributed by atoms with van der Waals surface area (Å²) in [4.78, 5) is 26.2. The van der Waals surface area contributed by atoms with Gasteiger partial charge in [-0.05, 0) is 46.9 Å². The first kappa shape index (κ1) is 14.5. The molecule has 2 aromatic carbocycles. The predicted octanol–water partition coefficient (Wildman–Crippen LogP) is 3.86. The molecule has 1 aliphatic rings. The number of halogens is 2. The van der Waals surface area contributed by atoms with Gasteiger partial charge < -0.3 is 4.74 Å². The molecule has 0 unspecified atom stereocenters. The van der Waals surface area contributed by atoms with Crippen LogP contribution in [0.4, 0.5) is 5.69 Å². The molecule has 6 heteroatoms. The van der Waals surface area contributed by atoms with Gasteiger partial charge in [-0.25, -0.2) is 4.90 Å². The van der Waals surface area contributed by atoms with E-state index in [0.717, 1.165) is 12.9 Å². The van der Waals surface area contributed by atoms with Crippen LogP contribution in [0.2, 0.25) is 0 Å². The van der Waals surface area contributed by atoms with E-state index < -0.39 is 0 Å². The lowest BCUT2D eigenvalue weighted by molar-refractivity contribution is 0.0925. The molecule has 21 heavy (non-hydrogen) atoms. The van der Waals surface area contributed by atoms with Gasteiger partial charge in [0.1, 0.15) is 0 Å². The Kier molecular flexibility index (Phi) is 3.75. The first-order chi connectivity index (χ1) is 10.0. The standard InChI is InChI=1S/C15H9BrINO3/c1-21-13-11(17)6-8(16)7-12(13)18-14(19)9-4-2-3-5-10(9)15(18)20/h2-7H,1H3. The van der Waals surface area contributed by atoms with Crippen molar-refractivity contribution < 1.29 is 14.3 Å². The fourth-order valence-electron chi connectivity index (χ4n) is 2.32. The van der Waals surface area contributed by atoms with Crippen LogP contribution in [0.1, 0.15) is 20.7 Å². The number of hydrogen-bond donors (Lipinski definition) is 0. The first-order valence-corrected chi connectivity index (χ1v) is 7.92. The van der Waals surface area contributed by atoms with Crippen molar-refractivity contribution in [3.63, 3.8) is 0 Å². The van der Waals surface area contributed by atoms with Crippen LogP contribution in [-0.2, 0) is 0 Å². The minimum atomic E-state index is -0.331. The summed E-state index contributed by atoms with van der Waals surface area (Å²) in [5.74, 6) is -0.154. The highest BCUT2D eigenvalue weighted by atomic mass is 127. The first-order valence-electron chi connectivity index (χ1n) is 6.05. The third-order valence-electron chi connectivity index (χ3n) is 3.23. The van der Waals surface area contributed by atoms with Crippen molar-refractivity contribution >= 4 is 56.0 Å². The fraction of sp³-hybridized carbons (Fsp3) is 0.0667. The lowest BCUT2D eigenvalue weighted by Crippen LogP contribution is -2.30. The SMILES string of the molecule is COc1c(I)cc(Br)cc1N1C(=O)c2ccccc2C1=O. The van der Waals surface area contributed by atoms with Crippen molar-refractivity contribution in [2.24, 2.45) is 0 Å². The summed E-state index contributed by atoms with van der Waals surface area (Å²) in [5.41, 5.74) is 1.28. The van der Waals surface area contributed by atoms with E-state index in [1.807, 2.05) is 6.07 Å². The van der Waals surface area contributed by atoms with E-state index in [1.165, 1.54) is 7.11 Å². The van der Waals surface area contributed by atoms with Crippen molar-refractivity contribution in [1.82, 2.24) is 0 Å². The Hall–Kier alpha value is -1.41. The van der Waals surface area contributed by atoms with Crippen LogP contribution in [0.25, 0.3) is 0 Å². The van der Waals surface area contributed by atoms with Crippen LogP contribution >= 0.6 is 38.5 Å². The zero-order chi connectivity index (χ0) is 15.1. The van der Waals surface area contributed by atoms with Gasteiger partial charge in [0.2, 0.25) is 0 Å². The minimum Gasteiger partial charge on any atom is -0.493 e. The van der Waals surface area contributed by atoms with Crippen LogP contribution in [0.3, 0.4) is 0 Å². The summed E-state index contributed by atoms with van der Waals surface area (Å²) >= 11 is 5.50. The summed E-state index contributed by atoms with van der Waals surface area (Å²) in [5, 5.41) is 0. The van der Waals surface area contributed by atoms with Crippen LogP contribution in [0, 0.1) is 3.57 Å². The highest BCUT2D eigenvalue weighted by Crippen LogP contribution is 2.39. The van der Waals surface area contributed by atoms with Crippen molar-refractivity contribution in [1.29, 1.82) is 0 Å². The second kappa shape index (κ2) is 5.42. The molecule has 0 bridgehead atoms. The summed E-state index contributed by atoms with van der Waals surface area (Å²) in [6, 6.07) is 10.4. The molecular formula is C15H9BrINO3. The minimum absolute atomic E-state index is 0.331. The quantitative estimate of drug-likeness (QED) is 0.508. The smallest absolute Gasteiger partial charge is 0.266 e. The monoisotopic (exact) mass is 457 g/mol. The summed E-state index contributed by atoms with van der Waals surface area (Å²) in [6.07, 6.45) is 0. The molecule has 0 fully saturated rings. The maximum absolute atomic E-state index is 12.5. The second-order valence-electron chi connectivity index (χ2n) is 4.43. The van der Waals surface area contributed by atoms with E-state index in [-0.39, 0.29) is 11.8 Å². The molecule has 0 aromatic heterocycles. The topological polar surface area (TPSA) is 46.6 Å². The molecule has 2 amide bonds. The third-order valence-corrected chi connectivity index (χ3v) is 4.49. The molecule has 1 aliphatic heterocycles. The predicted molar refractivity (Wildman–Crippen MR) is 91.0 cm³/mol. The highest BCUT2D eigenvalue weighted by molar-refractivity contribution is 14.1. The number of methoxy groups -OCH3 is 1. The Balaban J connectivity index is 2.20. The number of rotatable bonds is 2. The number of anilines is 1. The van der Waals surface area contributed by atoms with E-state index in [2.05, 4.69) is 38.5 Å². The normalized spacial score (nSPS) is 13.6. The second-order valence-corrected chi connectivity index (χ2v) is 6.51. The zero-order valence-electron chi connectivity index (χ0n) is 10.9. The van der Waals surface area contributed by atoms with Crippen LogP contribution < -0.4 is 9.64 Å². The van der Waals surface area contributed by atoms with Crippen LogP contribution in [0.15, 0.2) is 40.9 Å². The number of fused-ring (bicyclic) bond motifs is 1. The maximum Gasteiger partial charge on any atom is 0.266 e. The van der Waals surface area contributed by atoms with E-state index in [9.17, 15) is 9.59 Å². The van der Waals surface area contributed by atoms with Gasteiger partial charge in [0, 0.05) is 4.47 Å². The molecule has 0 aliphatic carbocycles. The van der Waals surface area contributed by atoms with Gasteiger partial charge in [-0.2, -0.15) is 0 Å². The molecule has 3 rings (SSSR count). The summed E-state index contributed by atoms with van der Waals surface area (Å²) < 4.78 is 6.96. The molecule has 106 valence electrons. The summed E-state index contributed by atoms with van der Waals surface area (Å²) in [6.45, 7) is 0. The van der Waals surface area contributed by atoms with Crippen molar-refractivity contribution in [3.05, 3.63) is 55.6 Å². The lowest BCUT2D eigenvalue weighted by Gasteiger charge is -2.18. The molecule has 1 heterocycles. The maximum atomic E-state index is 12.5. The van der Waals surface area contributed by atoms with Gasteiger partial charge in [-0.15, -0.1) is 0 Å². The number of carbonyl (C=O) groups is 2. The molecule has 0 N–H and O–H groups in total. The van der Waals surface area contributed by atoms with Crippen molar-refractivity contribution in [2.45, 2.75) is 0 Å². The van der Waals surface area contributed by atoms with Gasteiger partial charge >= 0.3 is 0 Å². The van der Waals surface area contributed by atoms with Crippen LogP contribution in [-0.4, -0.2) is 18.9 Å². The molecular weight excluding hydrogens is 449 g/mol. The van der Waals surface area contributed by atoms with Gasteiger partial charge in [0.25, 0.3) is 11.8 Å². The Bertz CT molecular complexity index is 741. The van der Waals surface area contributed by atoms with E-state index in [4.69, 9.17) is 4.74 Å². The van der Waals surface area contributed by atoms with E-state index in [1.54, 1.807) is 30.3 Å². The number of imide groups is 1. The molecule has 2 aromatic rings. The Morgan fingerprint density at radius 3 is 2.19 bits per heavy atom. The van der Waals surface area contributed by atoms with Crippen molar-refractivity contribution in [2.75, 3.05) is 12.0 Å². The molecule has 0 saturated heterocycles. The Morgan fingerprint density at radius 2 is 1.67 bits per heavy atom. The van der Waals surface area contributed by atoms with E-state index in [0.29, 0.717) is 22.6 Å². The highest BCUT2D eigenvalue weighted by Gasteiger charge is 2.38. The number of benzene rings is 2. The van der Waals surface area contributed by atoms with Gasteiger partial charge in [0.15, 0.2) is 5.75 Å². The molecule has 0 atom stereocenters. The molecule has 4 nitrogen and oxygen atoms in total. The average Bonchev–Trinajstić information content (AvgIpc) is 2.71. The molecule has 0 spiro atoms. The van der Waals surface area contributed by atoms with E-state index >= 15 is 0 Å². The third kappa shape index (κ3) is 2.26. The molecule has 0 saturated carbocycles. The number of amides is 2. The van der Waals surface area contributed by atoms with Crippen molar-refractivity contribution in [3.8, 4) is 5.75 Å². The zero-order valence-corrected chi connectivity index (χ0v) is 14.6. The average molecular weight is 458 g/mol. The number of nitrogens with zero attached hydrogens (tertiary/aromatic N) is 1. The Labute approximate surface area is 143 Å². The largest absolute Gasteiger partial charge is 0.493 e. The number of carbonyl (C=O) groups excluding carboxylic acids is 2. The molecule has 0 radical (unpaired) electrons. The van der Waals surface area contributed by atoms with Gasteiger partial charge in [-0.3, -0.25) is 9.59 Å². The van der Waals surface area contributed by atoms with Gasteiger partial charge in [-0.1, -0.05) is 28.1 Å². The van der Waals surface area contributed by atoms with Crippen LogP contribution in [0.5, 0.6) is 5.75 Å². The van der Waals surface area contributed by atoms with Gasteiger partial charge in [0.05, 0.1) is 27.5 Å². The lowest BCUT2D eigenvalue weighted by atomic mass is 10.1.